The van der Waals surface area contributed by atoms with Gasteiger partial charge in [0.05, 0.1) is 5.54 Å². The molecule has 0 amide bonds. The Bertz CT molecular complexity index is 782. The third kappa shape index (κ3) is 3.64. The highest BCUT2D eigenvalue weighted by Gasteiger charge is 2.27. The van der Waals surface area contributed by atoms with E-state index in [1.165, 1.54) is 59.7 Å². The van der Waals surface area contributed by atoms with Crippen LogP contribution in [-0.2, 0) is 6.42 Å². The van der Waals surface area contributed by atoms with Crippen molar-refractivity contribution in [3.8, 4) is 0 Å². The lowest BCUT2D eigenvalue weighted by Crippen LogP contribution is -2.34. The van der Waals surface area contributed by atoms with E-state index in [0.29, 0.717) is 0 Å². The Morgan fingerprint density at radius 1 is 1.04 bits per heavy atom. The molecule has 4 rings (SSSR count). The zero-order valence-corrected chi connectivity index (χ0v) is 15.6. The molecular weight excluding hydrogens is 304 g/mol. The lowest BCUT2D eigenvalue weighted by atomic mass is 9.83. The molecule has 2 heteroatoms. The van der Waals surface area contributed by atoms with Gasteiger partial charge >= 0.3 is 0 Å². The summed E-state index contributed by atoms with van der Waals surface area (Å²) in [5, 5.41) is 6.53. The molecule has 0 bridgehead atoms. The molecule has 1 heterocycles. The molecule has 1 fully saturated rings. The van der Waals surface area contributed by atoms with Crippen LogP contribution in [0.25, 0.3) is 10.8 Å². The van der Waals surface area contributed by atoms with Crippen LogP contribution in [0, 0.1) is 0 Å². The van der Waals surface area contributed by atoms with Crippen LogP contribution >= 0.6 is 0 Å². The third-order valence-corrected chi connectivity index (χ3v) is 5.80. The molecular formula is C23H30N2. The van der Waals surface area contributed by atoms with Gasteiger partial charge in [-0.05, 0) is 55.0 Å². The smallest absolute Gasteiger partial charge is 0.0596 e. The van der Waals surface area contributed by atoms with Crippen molar-refractivity contribution in [1.82, 2.24) is 5.32 Å². The lowest BCUT2D eigenvalue weighted by Gasteiger charge is -2.31. The molecule has 2 aliphatic rings. The molecule has 2 aromatic rings. The van der Waals surface area contributed by atoms with Crippen LogP contribution in [-0.4, -0.2) is 23.8 Å². The van der Waals surface area contributed by atoms with Gasteiger partial charge < -0.3 is 5.32 Å². The molecule has 1 saturated carbocycles. The topological polar surface area (TPSA) is 24.4 Å². The minimum absolute atomic E-state index is 0.00268. The predicted molar refractivity (Wildman–Crippen MR) is 108 cm³/mol. The highest BCUT2D eigenvalue weighted by Crippen LogP contribution is 2.33. The molecule has 1 N–H and O–H groups in total. The Balaban J connectivity index is 1.57. The predicted octanol–water partition coefficient (Wildman–Crippen LogP) is 5.28. The molecule has 0 spiro atoms. The number of aliphatic imine (C=N–C) groups is 1. The Labute approximate surface area is 151 Å². The molecule has 0 radical (unpaired) electrons. The van der Waals surface area contributed by atoms with Gasteiger partial charge in [0.25, 0.3) is 0 Å². The lowest BCUT2D eigenvalue weighted by molar-refractivity contribution is 0.377. The van der Waals surface area contributed by atoms with E-state index in [4.69, 9.17) is 4.99 Å². The van der Waals surface area contributed by atoms with E-state index >= 15 is 0 Å². The Hall–Kier alpha value is -1.67. The average Bonchev–Trinajstić information content (AvgIpc) is 2.61. The molecule has 2 aromatic carbocycles. The van der Waals surface area contributed by atoms with E-state index in [1.54, 1.807) is 0 Å². The van der Waals surface area contributed by atoms with E-state index in [9.17, 15) is 0 Å². The van der Waals surface area contributed by atoms with Gasteiger partial charge in [0, 0.05) is 24.7 Å². The van der Waals surface area contributed by atoms with Gasteiger partial charge in [-0.25, -0.2) is 0 Å². The summed E-state index contributed by atoms with van der Waals surface area (Å²) in [6.45, 7) is 5.59. The van der Waals surface area contributed by atoms with Crippen molar-refractivity contribution >= 4 is 16.5 Å². The molecule has 25 heavy (non-hydrogen) atoms. The van der Waals surface area contributed by atoms with E-state index in [1.807, 2.05) is 0 Å². The van der Waals surface area contributed by atoms with E-state index in [2.05, 4.69) is 55.6 Å². The fourth-order valence-electron chi connectivity index (χ4n) is 4.59. The maximum Gasteiger partial charge on any atom is 0.0596 e. The largest absolute Gasteiger partial charge is 0.314 e. The molecule has 132 valence electrons. The summed E-state index contributed by atoms with van der Waals surface area (Å²) in [6.07, 6.45) is 8.95. The number of nitrogens with one attached hydrogen (secondary N) is 1. The van der Waals surface area contributed by atoms with Crippen molar-refractivity contribution in [2.24, 2.45) is 4.99 Å². The van der Waals surface area contributed by atoms with Crippen molar-refractivity contribution in [2.75, 3.05) is 6.54 Å². The van der Waals surface area contributed by atoms with Crippen LogP contribution in [0.4, 0.5) is 0 Å². The number of nitrogens with zero attached hydrogens (tertiary/aromatic N) is 1. The minimum Gasteiger partial charge on any atom is -0.314 e. The molecule has 2 nitrogen and oxygen atoms in total. The van der Waals surface area contributed by atoms with E-state index in [-0.39, 0.29) is 5.54 Å². The number of rotatable bonds is 4. The number of hydrogen-bond donors (Lipinski definition) is 1. The Kier molecular flexibility index (Phi) is 4.64. The Morgan fingerprint density at radius 2 is 1.84 bits per heavy atom. The van der Waals surface area contributed by atoms with Gasteiger partial charge in [-0.3, -0.25) is 4.99 Å². The van der Waals surface area contributed by atoms with Crippen LogP contribution < -0.4 is 5.32 Å². The second kappa shape index (κ2) is 6.92. The summed E-state index contributed by atoms with van der Waals surface area (Å²) in [5.74, 6) is 0. The first-order valence-electron chi connectivity index (χ1n) is 9.95. The van der Waals surface area contributed by atoms with E-state index in [0.717, 1.165) is 25.4 Å². The number of benzene rings is 2. The first kappa shape index (κ1) is 16.8. The zero-order chi connectivity index (χ0) is 17.3. The maximum absolute atomic E-state index is 5.12. The highest BCUT2D eigenvalue weighted by atomic mass is 14.9. The second-order valence-electron chi connectivity index (χ2n) is 8.40. The van der Waals surface area contributed by atoms with Crippen LogP contribution in [0.2, 0.25) is 0 Å². The van der Waals surface area contributed by atoms with Gasteiger partial charge in [-0.1, -0.05) is 55.7 Å². The van der Waals surface area contributed by atoms with Gasteiger partial charge in [-0.15, -0.1) is 0 Å². The van der Waals surface area contributed by atoms with Crippen LogP contribution in [0.5, 0.6) is 0 Å². The summed E-state index contributed by atoms with van der Waals surface area (Å²) < 4.78 is 0. The monoisotopic (exact) mass is 334 g/mol. The average molecular weight is 335 g/mol. The molecule has 0 unspecified atom stereocenters. The summed E-state index contributed by atoms with van der Waals surface area (Å²) in [5.41, 5.74) is 4.16. The zero-order valence-electron chi connectivity index (χ0n) is 15.6. The van der Waals surface area contributed by atoms with Crippen LogP contribution in [0.15, 0.2) is 41.4 Å². The van der Waals surface area contributed by atoms with Crippen molar-refractivity contribution in [1.29, 1.82) is 0 Å². The Morgan fingerprint density at radius 3 is 2.68 bits per heavy atom. The fourth-order valence-corrected chi connectivity index (χ4v) is 4.59. The minimum atomic E-state index is -0.00268. The normalized spacial score (nSPS) is 20.3. The summed E-state index contributed by atoms with van der Waals surface area (Å²) in [7, 11) is 0. The molecule has 1 aliphatic heterocycles. The summed E-state index contributed by atoms with van der Waals surface area (Å²) >= 11 is 0. The quantitative estimate of drug-likeness (QED) is 0.808. The molecule has 1 aliphatic carbocycles. The van der Waals surface area contributed by atoms with Crippen LogP contribution in [0.1, 0.15) is 63.5 Å². The van der Waals surface area contributed by atoms with Gasteiger partial charge in [-0.2, -0.15) is 0 Å². The van der Waals surface area contributed by atoms with Crippen LogP contribution in [0.3, 0.4) is 0 Å². The molecule has 0 aromatic heterocycles. The number of fused-ring (bicyclic) bond motifs is 3. The SMILES string of the molecule is CC1(C)Cc2c(ccc3ccccc23)C(CCNC2CCCCC2)=N1. The van der Waals surface area contributed by atoms with Crippen molar-refractivity contribution in [3.05, 3.63) is 47.5 Å². The summed E-state index contributed by atoms with van der Waals surface area (Å²) in [6, 6.07) is 14.1. The van der Waals surface area contributed by atoms with Gasteiger partial charge in [0.2, 0.25) is 0 Å². The standard InChI is InChI=1S/C23H30N2/c1-23(2)16-21-19-11-7-6-8-17(19)12-13-20(21)22(25-23)14-15-24-18-9-4-3-5-10-18/h6-8,11-13,18,24H,3-5,9-10,14-16H2,1-2H3. The van der Waals surface area contributed by atoms with Crippen molar-refractivity contribution in [3.63, 3.8) is 0 Å². The third-order valence-electron chi connectivity index (χ3n) is 5.80. The first-order valence-corrected chi connectivity index (χ1v) is 9.95. The van der Waals surface area contributed by atoms with Gasteiger partial charge in [0.1, 0.15) is 0 Å². The van der Waals surface area contributed by atoms with E-state index < -0.39 is 0 Å². The maximum atomic E-state index is 5.12. The van der Waals surface area contributed by atoms with Gasteiger partial charge in [0.15, 0.2) is 0 Å². The molecule has 0 saturated heterocycles. The fraction of sp³-hybridized carbons (Fsp3) is 0.522. The highest BCUT2D eigenvalue weighted by molar-refractivity contribution is 6.07. The van der Waals surface area contributed by atoms with Crippen molar-refractivity contribution < 1.29 is 0 Å². The molecule has 0 atom stereocenters. The first-order chi connectivity index (χ1) is 12.1. The summed E-state index contributed by atoms with van der Waals surface area (Å²) in [4.78, 5) is 5.12. The second-order valence-corrected chi connectivity index (χ2v) is 8.40. The van der Waals surface area contributed by atoms with Crippen molar-refractivity contribution in [2.45, 2.75) is 70.4 Å². The number of hydrogen-bond acceptors (Lipinski definition) is 2.